The van der Waals surface area contributed by atoms with Crippen molar-refractivity contribution in [1.29, 1.82) is 0 Å². The second kappa shape index (κ2) is 10.3. The number of aromatic nitrogens is 2. The average Bonchev–Trinajstić information content (AvgIpc) is 3.28. The molecule has 6 rings (SSSR count). The summed E-state index contributed by atoms with van der Waals surface area (Å²) in [6.07, 6.45) is -1.47. The number of aliphatic imine (C=N–C) groups is 1. The molecule has 3 aromatic carbocycles. The number of benzene rings is 3. The second-order valence-corrected chi connectivity index (χ2v) is 9.42. The summed E-state index contributed by atoms with van der Waals surface area (Å²) in [6.45, 7) is 0.204. The maximum Gasteiger partial charge on any atom is 0.269 e. The van der Waals surface area contributed by atoms with Crippen LogP contribution in [0, 0.1) is 17.6 Å². The van der Waals surface area contributed by atoms with Gasteiger partial charge in [-0.25, -0.2) is 18.5 Å². The van der Waals surface area contributed by atoms with E-state index in [4.69, 9.17) is 4.74 Å². The van der Waals surface area contributed by atoms with E-state index in [-0.39, 0.29) is 54.1 Å². The van der Waals surface area contributed by atoms with Crippen LogP contribution in [0.1, 0.15) is 21.5 Å². The normalized spacial score (nSPS) is 18.0. The fourth-order valence-corrected chi connectivity index (χ4v) is 4.79. The van der Waals surface area contributed by atoms with Crippen LogP contribution in [0.5, 0.6) is 5.88 Å². The number of carbonyl (C=O) groups is 2. The van der Waals surface area contributed by atoms with Crippen LogP contribution in [0.2, 0.25) is 0 Å². The molecular weight excluding hydrogens is 520 g/mol. The molecule has 0 bridgehead atoms. The molecule has 9 nitrogen and oxygen atoms in total. The Kier molecular flexibility index (Phi) is 6.56. The van der Waals surface area contributed by atoms with Crippen molar-refractivity contribution in [2.75, 3.05) is 18.5 Å². The van der Waals surface area contributed by atoms with Gasteiger partial charge in [-0.05, 0) is 18.2 Å². The molecule has 0 fully saturated rings. The first-order chi connectivity index (χ1) is 19.4. The number of anilines is 1. The van der Waals surface area contributed by atoms with Gasteiger partial charge in [0, 0.05) is 22.6 Å². The fraction of sp³-hybridized carbons (Fsp3) is 0.172. The molecule has 2 atom stereocenters. The number of nitrogens with zero attached hydrogens (tertiary/aromatic N) is 3. The van der Waals surface area contributed by atoms with Crippen LogP contribution in [0.15, 0.2) is 77.8 Å². The molecule has 2 amide bonds. The summed E-state index contributed by atoms with van der Waals surface area (Å²) in [7, 11) is 0. The minimum Gasteiger partial charge on any atom is -0.477 e. The molecule has 3 N–H and O–H groups in total. The van der Waals surface area contributed by atoms with Gasteiger partial charge in [0.15, 0.2) is 0 Å². The van der Waals surface area contributed by atoms with Gasteiger partial charge in [0.25, 0.3) is 11.8 Å². The van der Waals surface area contributed by atoms with Crippen molar-refractivity contribution in [3.63, 3.8) is 0 Å². The topological polar surface area (TPSA) is 118 Å². The summed E-state index contributed by atoms with van der Waals surface area (Å²) >= 11 is 0. The molecule has 3 heterocycles. The van der Waals surface area contributed by atoms with Gasteiger partial charge in [0.1, 0.15) is 22.9 Å². The highest BCUT2D eigenvalue weighted by Crippen LogP contribution is 2.35. The van der Waals surface area contributed by atoms with E-state index in [1.165, 1.54) is 35.0 Å². The van der Waals surface area contributed by atoms with Gasteiger partial charge in [0.2, 0.25) is 12.0 Å². The van der Waals surface area contributed by atoms with Crippen molar-refractivity contribution < 1.29 is 28.2 Å². The molecular formula is C29H23F2N5O4. The number of amides is 2. The number of benzodiazepines with no additional fused rings is 1. The van der Waals surface area contributed by atoms with Crippen LogP contribution in [0.25, 0.3) is 11.3 Å². The number of aliphatic hydroxyl groups is 1. The predicted molar refractivity (Wildman–Crippen MR) is 142 cm³/mol. The zero-order valence-corrected chi connectivity index (χ0v) is 21.0. The van der Waals surface area contributed by atoms with E-state index in [1.54, 1.807) is 36.4 Å². The van der Waals surface area contributed by atoms with Crippen molar-refractivity contribution in [1.82, 2.24) is 15.1 Å². The van der Waals surface area contributed by atoms with E-state index in [0.717, 1.165) is 0 Å². The number of halogens is 2. The molecule has 2 aliphatic rings. The Morgan fingerprint density at radius 3 is 2.52 bits per heavy atom. The van der Waals surface area contributed by atoms with Gasteiger partial charge in [-0.2, -0.15) is 5.10 Å². The summed E-state index contributed by atoms with van der Waals surface area (Å²) in [4.78, 5) is 31.6. The number of hydrogen-bond donors (Lipinski definition) is 3. The Labute approximate surface area is 227 Å². The van der Waals surface area contributed by atoms with Crippen LogP contribution in [0.3, 0.4) is 0 Å². The second-order valence-electron chi connectivity index (χ2n) is 9.42. The quantitative estimate of drug-likeness (QED) is 0.357. The Morgan fingerprint density at radius 1 is 1.02 bits per heavy atom. The maximum atomic E-state index is 14.8. The molecule has 1 unspecified atom stereocenters. The lowest BCUT2D eigenvalue weighted by Gasteiger charge is -2.23. The van der Waals surface area contributed by atoms with Crippen LogP contribution >= 0.6 is 0 Å². The first-order valence-electron chi connectivity index (χ1n) is 12.6. The van der Waals surface area contributed by atoms with Crippen molar-refractivity contribution >= 4 is 23.2 Å². The Bertz CT molecular complexity index is 1650. The van der Waals surface area contributed by atoms with E-state index in [0.29, 0.717) is 16.8 Å². The lowest BCUT2D eigenvalue weighted by atomic mass is 10.0. The Hall–Kier alpha value is -4.90. The van der Waals surface area contributed by atoms with Crippen LogP contribution in [-0.4, -0.2) is 51.8 Å². The lowest BCUT2D eigenvalue weighted by molar-refractivity contribution is -0.117. The summed E-state index contributed by atoms with van der Waals surface area (Å²) in [5.41, 5.74) is 1.20. The van der Waals surface area contributed by atoms with Gasteiger partial charge in [-0.1, -0.05) is 54.6 Å². The molecule has 0 saturated heterocycles. The smallest absolute Gasteiger partial charge is 0.269 e. The molecule has 0 aliphatic carbocycles. The number of ether oxygens (including phenoxy) is 1. The number of hydrogen-bond acceptors (Lipinski definition) is 6. The van der Waals surface area contributed by atoms with Gasteiger partial charge >= 0.3 is 0 Å². The highest BCUT2D eigenvalue weighted by molar-refractivity contribution is 6.20. The van der Waals surface area contributed by atoms with Crippen molar-refractivity contribution in [2.45, 2.75) is 12.7 Å². The first kappa shape index (κ1) is 25.4. The standard InChI is InChI=1S/C29H23F2N5O4/c30-20-11-5-4-9-18(20)25-22(29-36(35-25)13-16(14-37)15-40-29)27(38)34-26-28(39)33-24-19(10-6-12-21(24)31)23(32-26)17-7-2-1-3-8-17/h1-12,16,26,37H,13-15H2,(H,33,39)(H,34,38)/t16?,26-/m1/s1. The number of rotatable bonds is 5. The van der Waals surface area contributed by atoms with Gasteiger partial charge < -0.3 is 20.5 Å². The minimum absolute atomic E-state index is 0.0137. The molecule has 11 heteroatoms. The molecule has 0 spiro atoms. The summed E-state index contributed by atoms with van der Waals surface area (Å²) in [6, 6.07) is 19.1. The number of carbonyl (C=O) groups excluding carboxylic acids is 2. The molecule has 202 valence electrons. The van der Waals surface area contributed by atoms with Gasteiger partial charge in [-0.3, -0.25) is 9.59 Å². The van der Waals surface area contributed by atoms with Crippen molar-refractivity contribution in [3.8, 4) is 17.1 Å². The fourth-order valence-electron chi connectivity index (χ4n) is 4.79. The zero-order chi connectivity index (χ0) is 27.8. The average molecular weight is 544 g/mol. The van der Waals surface area contributed by atoms with E-state index in [9.17, 15) is 23.5 Å². The summed E-state index contributed by atoms with van der Waals surface area (Å²) in [5.74, 6) is -2.99. The van der Waals surface area contributed by atoms with Crippen molar-refractivity contribution in [2.24, 2.45) is 10.9 Å². The summed E-state index contributed by atoms with van der Waals surface area (Å²) in [5, 5.41) is 19.2. The zero-order valence-electron chi connectivity index (χ0n) is 21.0. The van der Waals surface area contributed by atoms with Crippen LogP contribution in [-0.2, 0) is 11.3 Å². The Balaban J connectivity index is 1.43. The molecule has 0 saturated carbocycles. The number of aliphatic hydroxyl groups excluding tert-OH is 1. The lowest BCUT2D eigenvalue weighted by Crippen LogP contribution is -2.42. The van der Waals surface area contributed by atoms with Gasteiger partial charge in [-0.15, -0.1) is 0 Å². The maximum absolute atomic E-state index is 14.8. The van der Waals surface area contributed by atoms with E-state index < -0.39 is 29.6 Å². The highest BCUT2D eigenvalue weighted by atomic mass is 19.1. The first-order valence-corrected chi connectivity index (χ1v) is 12.6. The molecule has 0 radical (unpaired) electrons. The predicted octanol–water partition coefficient (Wildman–Crippen LogP) is 3.37. The molecule has 40 heavy (non-hydrogen) atoms. The molecule has 2 aliphatic heterocycles. The summed E-state index contributed by atoms with van der Waals surface area (Å²) < 4.78 is 36.9. The largest absolute Gasteiger partial charge is 0.477 e. The minimum atomic E-state index is -1.47. The molecule has 1 aromatic heterocycles. The highest BCUT2D eigenvalue weighted by Gasteiger charge is 2.35. The third-order valence-electron chi connectivity index (χ3n) is 6.75. The Morgan fingerprint density at radius 2 is 1.75 bits per heavy atom. The third kappa shape index (κ3) is 4.50. The number of nitrogens with one attached hydrogen (secondary N) is 2. The molecule has 4 aromatic rings. The number of para-hydroxylation sites is 1. The SMILES string of the molecule is O=C(N[C@H]1N=C(c2ccccc2)c2cccc(F)c2NC1=O)c1c(-c2ccccc2F)nn2c1OCC(CO)C2. The monoisotopic (exact) mass is 543 g/mol. The van der Waals surface area contributed by atoms with Crippen molar-refractivity contribution in [3.05, 3.63) is 101 Å². The van der Waals surface area contributed by atoms with Crippen LogP contribution in [0.4, 0.5) is 14.5 Å². The van der Waals surface area contributed by atoms with E-state index in [2.05, 4.69) is 20.7 Å². The van der Waals surface area contributed by atoms with E-state index in [1.807, 2.05) is 6.07 Å². The van der Waals surface area contributed by atoms with Gasteiger partial charge in [0.05, 0.1) is 31.2 Å². The third-order valence-corrected chi connectivity index (χ3v) is 6.75. The van der Waals surface area contributed by atoms with Crippen LogP contribution < -0.4 is 15.4 Å². The number of fused-ring (bicyclic) bond motifs is 2. The van der Waals surface area contributed by atoms with E-state index >= 15 is 0 Å².